The highest BCUT2D eigenvalue weighted by molar-refractivity contribution is 5.88. The van der Waals surface area contributed by atoms with E-state index in [-0.39, 0.29) is 5.82 Å². The molecular formula is C14H15FN8. The molecule has 2 heterocycles. The molecule has 2 aromatic heterocycles. The van der Waals surface area contributed by atoms with Crippen molar-refractivity contribution in [3.63, 3.8) is 0 Å². The Kier molecular flexibility index (Phi) is 4.00. The third-order valence-electron chi connectivity index (χ3n) is 3.25. The Morgan fingerprint density at radius 2 is 2.13 bits per heavy atom. The summed E-state index contributed by atoms with van der Waals surface area (Å²) in [6.45, 7) is 1.93. The molecule has 0 aliphatic heterocycles. The predicted octanol–water partition coefficient (Wildman–Crippen LogP) is 1.53. The van der Waals surface area contributed by atoms with Crippen LogP contribution < -0.4 is 11.3 Å². The Hall–Kier alpha value is -3.23. The number of nitrogen functional groups attached to an aromatic ring is 1. The summed E-state index contributed by atoms with van der Waals surface area (Å²) in [5.74, 6) is 6.51. The Labute approximate surface area is 131 Å². The number of aromatic amines is 1. The minimum absolute atomic E-state index is 0.292. The molecule has 9 heteroatoms. The summed E-state index contributed by atoms with van der Waals surface area (Å²) in [5.41, 5.74) is 5.01. The van der Waals surface area contributed by atoms with E-state index >= 15 is 0 Å². The number of nitrogens with zero attached hydrogens (tertiary/aromatic N) is 5. The zero-order valence-corrected chi connectivity index (χ0v) is 12.4. The number of benzene rings is 1. The third-order valence-corrected chi connectivity index (χ3v) is 3.25. The van der Waals surface area contributed by atoms with Gasteiger partial charge in [0.25, 0.3) is 5.95 Å². The molecule has 1 aromatic carbocycles. The minimum atomic E-state index is -0.292. The van der Waals surface area contributed by atoms with E-state index in [9.17, 15) is 4.39 Å². The van der Waals surface area contributed by atoms with Crippen molar-refractivity contribution < 1.29 is 4.39 Å². The fourth-order valence-corrected chi connectivity index (χ4v) is 2.04. The van der Waals surface area contributed by atoms with Crippen LogP contribution in [0.25, 0.3) is 11.3 Å². The van der Waals surface area contributed by atoms with Crippen molar-refractivity contribution in [1.82, 2.24) is 25.1 Å². The second kappa shape index (κ2) is 6.26. The molecule has 4 N–H and O–H groups in total. The normalized spacial score (nSPS) is 11.2. The van der Waals surface area contributed by atoms with Gasteiger partial charge >= 0.3 is 0 Å². The minimum Gasteiger partial charge on any atom is -0.335 e. The maximum absolute atomic E-state index is 13.0. The Balaban J connectivity index is 1.77. The van der Waals surface area contributed by atoms with Gasteiger partial charge in [0.15, 0.2) is 5.82 Å². The number of rotatable bonds is 5. The lowest BCUT2D eigenvalue weighted by atomic mass is 10.1. The maximum Gasteiger partial charge on any atom is 0.263 e. The highest BCUT2D eigenvalue weighted by Gasteiger charge is 2.08. The first-order valence-corrected chi connectivity index (χ1v) is 6.96. The zero-order valence-electron chi connectivity index (χ0n) is 12.4. The summed E-state index contributed by atoms with van der Waals surface area (Å²) in [6, 6.07) is 6.10. The summed E-state index contributed by atoms with van der Waals surface area (Å²) < 4.78 is 14.3. The molecule has 3 aromatic rings. The third kappa shape index (κ3) is 3.03. The van der Waals surface area contributed by atoms with Gasteiger partial charge in [-0.25, -0.2) is 14.5 Å². The quantitative estimate of drug-likeness (QED) is 0.376. The number of aryl methyl sites for hydroxylation is 1. The van der Waals surface area contributed by atoms with Gasteiger partial charge in [-0.15, -0.1) is 10.2 Å². The van der Waals surface area contributed by atoms with Crippen LogP contribution in [-0.2, 0) is 6.42 Å². The number of nitrogens with one attached hydrogen (secondary N) is 2. The number of halogens is 1. The first kappa shape index (κ1) is 14.7. The molecule has 0 fully saturated rings. The molecule has 0 aliphatic carbocycles. The van der Waals surface area contributed by atoms with Crippen molar-refractivity contribution >= 4 is 12.2 Å². The van der Waals surface area contributed by atoms with Gasteiger partial charge in [-0.1, -0.05) is 6.92 Å². The molecular weight excluding hydrogens is 299 g/mol. The van der Waals surface area contributed by atoms with Crippen LogP contribution >= 0.6 is 0 Å². The molecule has 118 valence electrons. The van der Waals surface area contributed by atoms with E-state index in [2.05, 4.69) is 30.9 Å². The van der Waals surface area contributed by atoms with E-state index in [1.807, 2.05) is 6.92 Å². The summed E-state index contributed by atoms with van der Waals surface area (Å²) in [5, 5.41) is 18.7. The second-order valence-electron chi connectivity index (χ2n) is 4.74. The highest BCUT2D eigenvalue weighted by atomic mass is 19.1. The lowest BCUT2D eigenvalue weighted by Gasteiger charge is -2.01. The molecule has 0 atom stereocenters. The molecule has 0 unspecified atom stereocenters. The van der Waals surface area contributed by atoms with Gasteiger partial charge in [0, 0.05) is 17.5 Å². The summed E-state index contributed by atoms with van der Waals surface area (Å²) >= 11 is 0. The van der Waals surface area contributed by atoms with Crippen molar-refractivity contribution in [2.45, 2.75) is 13.3 Å². The molecule has 3 rings (SSSR count). The summed E-state index contributed by atoms with van der Waals surface area (Å²) in [6.07, 6.45) is 3.86. The lowest BCUT2D eigenvalue weighted by Crippen LogP contribution is -2.14. The standard InChI is InChI=1S/C14H15FN8/c1-2-12-19-22-14(23(12)16)21-18-8-10-7-17-20-13(10)9-3-5-11(15)6-4-9/h3-8H,2,16H2,1H3,(H,17,20)(H,21,22)/b18-8+. The van der Waals surface area contributed by atoms with Gasteiger partial charge in [0.05, 0.1) is 18.1 Å². The smallest absolute Gasteiger partial charge is 0.263 e. The van der Waals surface area contributed by atoms with Gasteiger partial charge in [0.1, 0.15) is 5.82 Å². The number of H-pyrrole nitrogens is 1. The van der Waals surface area contributed by atoms with E-state index in [4.69, 9.17) is 5.84 Å². The average Bonchev–Trinajstić information content (AvgIpc) is 3.16. The average molecular weight is 314 g/mol. The summed E-state index contributed by atoms with van der Waals surface area (Å²) in [7, 11) is 0. The van der Waals surface area contributed by atoms with Crippen LogP contribution in [0.4, 0.5) is 10.3 Å². The van der Waals surface area contributed by atoms with Gasteiger partial charge in [-0.3, -0.25) is 5.10 Å². The van der Waals surface area contributed by atoms with E-state index in [0.29, 0.717) is 18.2 Å². The Bertz CT molecular complexity index is 818. The zero-order chi connectivity index (χ0) is 16.2. The number of anilines is 1. The van der Waals surface area contributed by atoms with Crippen LogP contribution in [0.1, 0.15) is 18.3 Å². The van der Waals surface area contributed by atoms with Crippen LogP contribution in [0.2, 0.25) is 0 Å². The predicted molar refractivity (Wildman–Crippen MR) is 84.7 cm³/mol. The Morgan fingerprint density at radius 3 is 2.83 bits per heavy atom. The molecule has 0 radical (unpaired) electrons. The summed E-state index contributed by atoms with van der Waals surface area (Å²) in [4.78, 5) is 0. The molecule has 0 spiro atoms. The number of hydrazone groups is 1. The fourth-order valence-electron chi connectivity index (χ4n) is 2.04. The highest BCUT2D eigenvalue weighted by Crippen LogP contribution is 2.20. The van der Waals surface area contributed by atoms with E-state index in [1.54, 1.807) is 24.5 Å². The molecule has 0 bridgehead atoms. The van der Waals surface area contributed by atoms with Gasteiger partial charge in [-0.05, 0) is 24.3 Å². The van der Waals surface area contributed by atoms with Gasteiger partial charge in [0.2, 0.25) is 0 Å². The first-order valence-electron chi connectivity index (χ1n) is 6.96. The molecule has 0 saturated heterocycles. The van der Waals surface area contributed by atoms with Gasteiger partial charge < -0.3 is 5.84 Å². The largest absolute Gasteiger partial charge is 0.335 e. The van der Waals surface area contributed by atoms with Crippen LogP contribution in [0.15, 0.2) is 35.6 Å². The van der Waals surface area contributed by atoms with Crippen molar-refractivity contribution in [2.24, 2.45) is 5.10 Å². The van der Waals surface area contributed by atoms with Crippen molar-refractivity contribution in [1.29, 1.82) is 0 Å². The van der Waals surface area contributed by atoms with Crippen molar-refractivity contribution in [3.05, 3.63) is 47.7 Å². The van der Waals surface area contributed by atoms with Crippen LogP contribution in [-0.4, -0.2) is 31.3 Å². The fraction of sp³-hybridized carbons (Fsp3) is 0.143. The molecule has 0 saturated carbocycles. The monoisotopic (exact) mass is 314 g/mol. The molecule has 8 nitrogen and oxygen atoms in total. The number of nitrogens with two attached hydrogens (primary N) is 1. The molecule has 0 amide bonds. The SMILES string of the molecule is CCc1nnc(N/N=C/c2cn[nH]c2-c2ccc(F)cc2)n1N. The molecule has 23 heavy (non-hydrogen) atoms. The lowest BCUT2D eigenvalue weighted by molar-refractivity contribution is 0.628. The maximum atomic E-state index is 13.0. The Morgan fingerprint density at radius 1 is 1.35 bits per heavy atom. The van der Waals surface area contributed by atoms with Crippen LogP contribution in [0.3, 0.4) is 0 Å². The van der Waals surface area contributed by atoms with Gasteiger partial charge in [-0.2, -0.15) is 10.2 Å². The first-order chi connectivity index (χ1) is 11.2. The number of aromatic nitrogens is 5. The van der Waals surface area contributed by atoms with Crippen LogP contribution in [0.5, 0.6) is 0 Å². The number of hydrogen-bond acceptors (Lipinski definition) is 6. The molecule has 0 aliphatic rings. The topological polar surface area (TPSA) is 110 Å². The van der Waals surface area contributed by atoms with E-state index in [1.165, 1.54) is 16.8 Å². The van der Waals surface area contributed by atoms with E-state index < -0.39 is 0 Å². The van der Waals surface area contributed by atoms with E-state index in [0.717, 1.165) is 16.8 Å². The van der Waals surface area contributed by atoms with Crippen molar-refractivity contribution in [3.8, 4) is 11.3 Å². The number of hydrogen-bond donors (Lipinski definition) is 3. The van der Waals surface area contributed by atoms with Crippen LogP contribution in [0, 0.1) is 5.82 Å². The second-order valence-corrected chi connectivity index (χ2v) is 4.74. The van der Waals surface area contributed by atoms with Crippen molar-refractivity contribution in [2.75, 3.05) is 11.3 Å².